The number of aryl methyl sites for hydroxylation is 1. The van der Waals surface area contributed by atoms with Gasteiger partial charge in [-0.1, -0.05) is 37.1 Å². The fourth-order valence-corrected chi connectivity index (χ4v) is 1.95. The Bertz CT molecular complexity index is 492. The van der Waals surface area contributed by atoms with E-state index < -0.39 is 11.9 Å². The number of unbranched alkanes of at least 4 members (excludes halogenated alkanes) is 1. The Kier molecular flexibility index (Phi) is 13.4. The van der Waals surface area contributed by atoms with Gasteiger partial charge in [0.25, 0.3) is 0 Å². The Morgan fingerprint density at radius 1 is 1.12 bits per heavy atom. The molecule has 0 fully saturated rings. The van der Waals surface area contributed by atoms with E-state index >= 15 is 0 Å². The first-order valence-corrected chi connectivity index (χ1v) is 8.40. The van der Waals surface area contributed by atoms with Crippen molar-refractivity contribution in [3.63, 3.8) is 0 Å². The minimum atomic E-state index is -1.82. The van der Waals surface area contributed by atoms with Crippen LogP contribution in [0.3, 0.4) is 0 Å². The van der Waals surface area contributed by atoms with Gasteiger partial charge in [-0.05, 0) is 31.5 Å². The molecular formula is C17H26ClNO6. The molecule has 0 spiro atoms. The average Bonchev–Trinajstić information content (AvgIpc) is 2.56. The van der Waals surface area contributed by atoms with Crippen molar-refractivity contribution < 1.29 is 29.3 Å². The highest BCUT2D eigenvalue weighted by molar-refractivity contribution is 6.32. The first kappa shape index (κ1) is 23.2. The van der Waals surface area contributed by atoms with Crippen molar-refractivity contribution >= 4 is 23.5 Å². The van der Waals surface area contributed by atoms with Gasteiger partial charge in [0.05, 0.1) is 18.2 Å². The zero-order valence-corrected chi connectivity index (χ0v) is 15.3. The molecule has 0 aliphatic carbocycles. The molecule has 0 aliphatic heterocycles. The molecule has 0 aromatic heterocycles. The van der Waals surface area contributed by atoms with E-state index in [1.807, 2.05) is 25.1 Å². The lowest BCUT2D eigenvalue weighted by molar-refractivity contribution is -0.159. The number of carboxylic acids is 2. The summed E-state index contributed by atoms with van der Waals surface area (Å²) >= 11 is 6.06. The summed E-state index contributed by atoms with van der Waals surface area (Å²) in [4.78, 5) is 18.2. The quantitative estimate of drug-likeness (QED) is 0.426. The van der Waals surface area contributed by atoms with Crippen molar-refractivity contribution in [2.75, 3.05) is 32.9 Å². The Morgan fingerprint density at radius 3 is 2.36 bits per heavy atom. The zero-order valence-electron chi connectivity index (χ0n) is 14.6. The number of hydrogen-bond acceptors (Lipinski definition) is 5. The third kappa shape index (κ3) is 12.2. The van der Waals surface area contributed by atoms with Crippen LogP contribution in [-0.2, 0) is 14.3 Å². The summed E-state index contributed by atoms with van der Waals surface area (Å²) in [5, 5.41) is 18.8. The van der Waals surface area contributed by atoms with Gasteiger partial charge in [0.15, 0.2) is 0 Å². The smallest absolute Gasteiger partial charge is 0.414 e. The number of nitrogens with one attached hydrogen (secondary N) is 1. The molecule has 0 unspecified atom stereocenters. The number of carboxylic acid groups (broad SMARTS) is 2. The molecule has 8 heteroatoms. The van der Waals surface area contributed by atoms with Crippen LogP contribution >= 0.6 is 11.6 Å². The Hall–Kier alpha value is -1.83. The number of hydrogen-bond donors (Lipinski definition) is 3. The monoisotopic (exact) mass is 375 g/mol. The number of para-hydroxylation sites is 1. The van der Waals surface area contributed by atoms with Crippen LogP contribution in [0, 0.1) is 6.92 Å². The van der Waals surface area contributed by atoms with Gasteiger partial charge in [-0.3, -0.25) is 0 Å². The highest BCUT2D eigenvalue weighted by Crippen LogP contribution is 2.27. The van der Waals surface area contributed by atoms with Gasteiger partial charge < -0.3 is 25.0 Å². The van der Waals surface area contributed by atoms with Gasteiger partial charge in [-0.15, -0.1) is 0 Å². The summed E-state index contributed by atoms with van der Waals surface area (Å²) in [6.07, 6.45) is 2.44. The average molecular weight is 376 g/mol. The predicted molar refractivity (Wildman–Crippen MR) is 95.6 cm³/mol. The summed E-state index contributed by atoms with van der Waals surface area (Å²) in [6.45, 7) is 7.96. The molecule has 7 nitrogen and oxygen atoms in total. The predicted octanol–water partition coefficient (Wildman–Crippen LogP) is 2.59. The second kappa shape index (κ2) is 14.5. The van der Waals surface area contributed by atoms with E-state index in [1.165, 1.54) is 12.8 Å². The van der Waals surface area contributed by atoms with E-state index in [0.29, 0.717) is 24.8 Å². The SMILES string of the molecule is CCCCNCCOCCOc1c(C)cccc1Cl.O=C(O)C(=O)O. The van der Waals surface area contributed by atoms with Crippen LogP contribution in [0.4, 0.5) is 0 Å². The summed E-state index contributed by atoms with van der Waals surface area (Å²) < 4.78 is 11.1. The molecule has 1 aromatic rings. The molecule has 0 radical (unpaired) electrons. The number of ether oxygens (including phenoxy) is 2. The van der Waals surface area contributed by atoms with Gasteiger partial charge in [0.1, 0.15) is 12.4 Å². The van der Waals surface area contributed by atoms with Crippen molar-refractivity contribution in [3.8, 4) is 5.75 Å². The number of aliphatic carboxylic acids is 2. The lowest BCUT2D eigenvalue weighted by Gasteiger charge is -2.11. The fourth-order valence-electron chi connectivity index (χ4n) is 1.68. The highest BCUT2D eigenvalue weighted by atomic mass is 35.5. The minimum absolute atomic E-state index is 0.527. The Morgan fingerprint density at radius 2 is 1.80 bits per heavy atom. The summed E-state index contributed by atoms with van der Waals surface area (Å²) in [5.41, 5.74) is 1.05. The molecule has 25 heavy (non-hydrogen) atoms. The van der Waals surface area contributed by atoms with Gasteiger partial charge in [-0.2, -0.15) is 0 Å². The molecular weight excluding hydrogens is 350 g/mol. The molecule has 142 valence electrons. The minimum Gasteiger partial charge on any atom is -0.489 e. The normalized spacial score (nSPS) is 9.88. The number of benzene rings is 1. The lowest BCUT2D eigenvalue weighted by Crippen LogP contribution is -2.21. The van der Waals surface area contributed by atoms with Crippen LogP contribution in [0.5, 0.6) is 5.75 Å². The van der Waals surface area contributed by atoms with Crippen molar-refractivity contribution in [3.05, 3.63) is 28.8 Å². The van der Waals surface area contributed by atoms with Gasteiger partial charge >= 0.3 is 11.9 Å². The van der Waals surface area contributed by atoms with Crippen LogP contribution in [0.1, 0.15) is 25.3 Å². The maximum Gasteiger partial charge on any atom is 0.414 e. The van der Waals surface area contributed by atoms with Crippen LogP contribution < -0.4 is 10.1 Å². The molecule has 0 heterocycles. The topological polar surface area (TPSA) is 105 Å². The zero-order chi connectivity index (χ0) is 19.1. The van der Waals surface area contributed by atoms with Crippen molar-refractivity contribution in [2.24, 2.45) is 0 Å². The summed E-state index contributed by atoms with van der Waals surface area (Å²) in [5.74, 6) is -2.89. The molecule has 1 rings (SSSR count). The second-order valence-electron chi connectivity index (χ2n) is 5.06. The number of carbonyl (C=O) groups is 2. The third-order valence-electron chi connectivity index (χ3n) is 2.95. The largest absolute Gasteiger partial charge is 0.489 e. The summed E-state index contributed by atoms with van der Waals surface area (Å²) in [7, 11) is 0. The molecule has 0 aliphatic rings. The maximum absolute atomic E-state index is 9.10. The van der Waals surface area contributed by atoms with Crippen molar-refractivity contribution in [1.82, 2.24) is 5.32 Å². The molecule has 0 amide bonds. The van der Waals surface area contributed by atoms with E-state index in [4.69, 9.17) is 40.9 Å². The van der Waals surface area contributed by atoms with Crippen LogP contribution in [0.25, 0.3) is 0 Å². The van der Waals surface area contributed by atoms with E-state index in [1.54, 1.807) is 0 Å². The fraction of sp³-hybridized carbons (Fsp3) is 0.529. The molecule has 0 bridgehead atoms. The van der Waals surface area contributed by atoms with Gasteiger partial charge in [0.2, 0.25) is 0 Å². The van der Waals surface area contributed by atoms with Crippen LogP contribution in [0.2, 0.25) is 5.02 Å². The second-order valence-corrected chi connectivity index (χ2v) is 5.47. The maximum atomic E-state index is 9.10. The molecule has 0 saturated carbocycles. The molecule has 3 N–H and O–H groups in total. The van der Waals surface area contributed by atoms with E-state index in [-0.39, 0.29) is 0 Å². The first-order valence-electron chi connectivity index (χ1n) is 8.02. The lowest BCUT2D eigenvalue weighted by atomic mass is 10.2. The standard InChI is InChI=1S/C15H24ClNO2.C2H2O4/c1-3-4-8-17-9-10-18-11-12-19-15-13(2)6-5-7-14(15)16;3-1(4)2(5)6/h5-7,17H,3-4,8-12H2,1-2H3;(H,3,4)(H,5,6). The molecule has 0 saturated heterocycles. The molecule has 1 aromatic carbocycles. The molecule has 0 atom stereocenters. The summed E-state index contributed by atoms with van der Waals surface area (Å²) in [6, 6.07) is 5.74. The van der Waals surface area contributed by atoms with Gasteiger partial charge in [0, 0.05) is 6.54 Å². The Balaban J connectivity index is 0.000000823. The van der Waals surface area contributed by atoms with Gasteiger partial charge in [-0.25, -0.2) is 9.59 Å². The first-order chi connectivity index (χ1) is 11.9. The Labute approximate surface area is 152 Å². The number of halogens is 1. The number of rotatable bonds is 10. The van der Waals surface area contributed by atoms with E-state index in [9.17, 15) is 0 Å². The van der Waals surface area contributed by atoms with E-state index in [0.717, 1.165) is 24.4 Å². The van der Waals surface area contributed by atoms with Crippen molar-refractivity contribution in [2.45, 2.75) is 26.7 Å². The van der Waals surface area contributed by atoms with Crippen LogP contribution in [-0.4, -0.2) is 55.1 Å². The van der Waals surface area contributed by atoms with Crippen LogP contribution in [0.15, 0.2) is 18.2 Å². The third-order valence-corrected chi connectivity index (χ3v) is 3.25. The highest BCUT2D eigenvalue weighted by Gasteiger charge is 2.04. The van der Waals surface area contributed by atoms with Crippen molar-refractivity contribution in [1.29, 1.82) is 0 Å². The van der Waals surface area contributed by atoms with E-state index in [2.05, 4.69) is 12.2 Å².